The number of imidazole rings is 1. The fourth-order valence-corrected chi connectivity index (χ4v) is 5.53. The van der Waals surface area contributed by atoms with E-state index < -0.39 is 11.6 Å². The van der Waals surface area contributed by atoms with Crippen LogP contribution in [0.3, 0.4) is 0 Å². The Morgan fingerprint density at radius 3 is 2.53 bits per heavy atom. The van der Waals surface area contributed by atoms with Crippen LogP contribution in [0.4, 0.5) is 4.39 Å². The second kappa shape index (κ2) is 9.82. The SMILES string of the molecule is CN(C)Cc1ccc(CN2CCC(F)(C(=O)N3CCC(n4c(=O)n(C)c5cccnc54)CC3)CC2)o1. The molecule has 2 fully saturated rings. The van der Waals surface area contributed by atoms with Crippen LogP contribution in [-0.4, -0.2) is 80.7 Å². The molecule has 0 bridgehead atoms. The van der Waals surface area contributed by atoms with Crippen LogP contribution in [0, 0.1) is 0 Å². The van der Waals surface area contributed by atoms with Crippen LogP contribution < -0.4 is 5.69 Å². The van der Waals surface area contributed by atoms with Gasteiger partial charge in [-0.2, -0.15) is 0 Å². The highest BCUT2D eigenvalue weighted by molar-refractivity contribution is 5.85. The van der Waals surface area contributed by atoms with E-state index in [1.807, 2.05) is 43.3 Å². The van der Waals surface area contributed by atoms with Gasteiger partial charge in [0, 0.05) is 58.3 Å². The molecule has 2 aliphatic rings. The summed E-state index contributed by atoms with van der Waals surface area (Å²) in [6.07, 6.45) is 3.27. The van der Waals surface area contributed by atoms with Gasteiger partial charge in [-0.3, -0.25) is 18.8 Å². The van der Waals surface area contributed by atoms with Crippen molar-refractivity contribution in [1.82, 2.24) is 28.8 Å². The van der Waals surface area contributed by atoms with Crippen LogP contribution in [-0.2, 0) is 24.9 Å². The van der Waals surface area contributed by atoms with Gasteiger partial charge >= 0.3 is 5.69 Å². The molecule has 0 unspecified atom stereocenters. The quantitative estimate of drug-likeness (QED) is 0.520. The Kier molecular flexibility index (Phi) is 6.74. The van der Waals surface area contributed by atoms with Crippen molar-refractivity contribution in [2.75, 3.05) is 40.3 Å². The highest BCUT2D eigenvalue weighted by Gasteiger charge is 2.45. The van der Waals surface area contributed by atoms with Crippen LogP contribution in [0.5, 0.6) is 0 Å². The van der Waals surface area contributed by atoms with Gasteiger partial charge in [-0.25, -0.2) is 14.2 Å². The molecular formula is C26H35FN6O3. The lowest BCUT2D eigenvalue weighted by atomic mass is 9.90. The van der Waals surface area contributed by atoms with Gasteiger partial charge in [0.2, 0.25) is 0 Å². The third-order valence-electron chi connectivity index (χ3n) is 7.57. The molecule has 5 rings (SSSR count). The van der Waals surface area contributed by atoms with Gasteiger partial charge in [0.05, 0.1) is 18.6 Å². The van der Waals surface area contributed by atoms with E-state index in [-0.39, 0.29) is 24.6 Å². The first-order valence-electron chi connectivity index (χ1n) is 12.7. The molecule has 0 spiro atoms. The number of pyridine rings is 1. The zero-order valence-corrected chi connectivity index (χ0v) is 21.3. The van der Waals surface area contributed by atoms with Crippen molar-refractivity contribution >= 4 is 17.1 Å². The van der Waals surface area contributed by atoms with E-state index in [2.05, 4.69) is 9.88 Å². The van der Waals surface area contributed by atoms with Crippen LogP contribution in [0.25, 0.3) is 11.2 Å². The lowest BCUT2D eigenvalue weighted by Gasteiger charge is -2.40. The zero-order chi connectivity index (χ0) is 25.4. The topological polar surface area (TPSA) is 79.8 Å². The molecule has 3 aromatic rings. The Balaban J connectivity index is 1.17. The maximum atomic E-state index is 15.8. The third-order valence-corrected chi connectivity index (χ3v) is 7.57. The molecule has 5 heterocycles. The summed E-state index contributed by atoms with van der Waals surface area (Å²) in [7, 11) is 5.73. The molecule has 36 heavy (non-hydrogen) atoms. The molecule has 10 heteroatoms. The average molecular weight is 499 g/mol. The van der Waals surface area contributed by atoms with Crippen LogP contribution in [0.1, 0.15) is 43.2 Å². The van der Waals surface area contributed by atoms with Gasteiger partial charge in [0.1, 0.15) is 11.5 Å². The van der Waals surface area contributed by atoms with Gasteiger partial charge in [0.25, 0.3) is 5.91 Å². The smallest absolute Gasteiger partial charge is 0.330 e. The highest BCUT2D eigenvalue weighted by atomic mass is 19.1. The Labute approximate surface area is 210 Å². The summed E-state index contributed by atoms with van der Waals surface area (Å²) in [6.45, 7) is 3.27. The minimum atomic E-state index is -1.83. The van der Waals surface area contributed by atoms with Crippen molar-refractivity contribution in [3.05, 3.63) is 52.5 Å². The second-order valence-corrected chi connectivity index (χ2v) is 10.4. The number of alkyl halides is 1. The molecule has 194 valence electrons. The number of aryl methyl sites for hydroxylation is 1. The van der Waals surface area contributed by atoms with Crippen molar-refractivity contribution in [2.45, 2.75) is 50.5 Å². The number of amides is 1. The number of nitrogens with zero attached hydrogens (tertiary/aromatic N) is 6. The van der Waals surface area contributed by atoms with E-state index in [0.29, 0.717) is 51.2 Å². The maximum absolute atomic E-state index is 15.8. The van der Waals surface area contributed by atoms with Crippen molar-refractivity contribution in [1.29, 1.82) is 0 Å². The molecule has 0 atom stereocenters. The molecule has 2 saturated heterocycles. The molecule has 0 radical (unpaired) electrons. The van der Waals surface area contributed by atoms with Gasteiger partial charge in [-0.15, -0.1) is 0 Å². The minimum absolute atomic E-state index is 0.0526. The summed E-state index contributed by atoms with van der Waals surface area (Å²) in [4.78, 5) is 36.3. The van der Waals surface area contributed by atoms with Gasteiger partial charge < -0.3 is 14.2 Å². The fraction of sp³-hybridized carbons (Fsp3) is 0.577. The summed E-state index contributed by atoms with van der Waals surface area (Å²) in [5, 5.41) is 0. The number of hydrogen-bond donors (Lipinski definition) is 0. The maximum Gasteiger partial charge on any atom is 0.330 e. The van der Waals surface area contributed by atoms with E-state index in [1.54, 1.807) is 27.3 Å². The molecule has 3 aromatic heterocycles. The van der Waals surface area contributed by atoms with E-state index in [4.69, 9.17) is 4.42 Å². The first-order valence-corrected chi connectivity index (χ1v) is 12.7. The number of aromatic nitrogens is 3. The lowest BCUT2D eigenvalue weighted by molar-refractivity contribution is -0.149. The lowest BCUT2D eigenvalue weighted by Crippen LogP contribution is -2.54. The summed E-state index contributed by atoms with van der Waals surface area (Å²) in [5.74, 6) is 1.37. The summed E-state index contributed by atoms with van der Waals surface area (Å²) in [5.41, 5.74) is -0.484. The van der Waals surface area contributed by atoms with Gasteiger partial charge in [0.15, 0.2) is 11.3 Å². The average Bonchev–Trinajstić information content (AvgIpc) is 3.41. The number of piperidine rings is 2. The third kappa shape index (κ3) is 4.71. The number of rotatable bonds is 6. The molecule has 0 aromatic carbocycles. The largest absolute Gasteiger partial charge is 0.463 e. The van der Waals surface area contributed by atoms with Crippen LogP contribution in [0.15, 0.2) is 39.7 Å². The Hall–Kier alpha value is -2.98. The number of carbonyl (C=O) groups is 1. The number of carbonyl (C=O) groups excluding carboxylic acids is 1. The van der Waals surface area contributed by atoms with Crippen molar-refractivity contribution in [3.8, 4) is 0 Å². The molecule has 9 nitrogen and oxygen atoms in total. The minimum Gasteiger partial charge on any atom is -0.463 e. The second-order valence-electron chi connectivity index (χ2n) is 10.4. The first kappa shape index (κ1) is 24.7. The van der Waals surface area contributed by atoms with Crippen molar-refractivity contribution in [2.24, 2.45) is 7.05 Å². The highest BCUT2D eigenvalue weighted by Crippen LogP contribution is 2.32. The molecule has 2 aliphatic heterocycles. The standard InChI is InChI=1S/C26H35FN6O3/c1-29(2)17-20-6-7-21(36-20)18-31-15-10-26(27,11-16-31)24(34)32-13-8-19(9-14-32)33-23-22(5-4-12-28-23)30(3)25(33)35/h4-7,12,19H,8-11,13-18H2,1-3H3. The molecule has 0 N–H and O–H groups in total. The Morgan fingerprint density at radius 2 is 1.83 bits per heavy atom. The fourth-order valence-electron chi connectivity index (χ4n) is 5.53. The van der Waals surface area contributed by atoms with Crippen LogP contribution in [0.2, 0.25) is 0 Å². The van der Waals surface area contributed by atoms with E-state index >= 15 is 4.39 Å². The zero-order valence-electron chi connectivity index (χ0n) is 21.3. The number of hydrogen-bond acceptors (Lipinski definition) is 6. The molecular weight excluding hydrogens is 463 g/mol. The Bertz CT molecular complexity index is 1280. The number of likely N-dealkylation sites (tertiary alicyclic amines) is 2. The molecule has 0 saturated carbocycles. The molecule has 1 amide bonds. The number of halogens is 1. The van der Waals surface area contributed by atoms with Gasteiger partial charge in [-0.1, -0.05) is 0 Å². The Morgan fingerprint density at radius 1 is 1.14 bits per heavy atom. The van der Waals surface area contributed by atoms with Crippen molar-refractivity contribution in [3.63, 3.8) is 0 Å². The van der Waals surface area contributed by atoms with E-state index in [9.17, 15) is 9.59 Å². The van der Waals surface area contributed by atoms with Gasteiger partial charge in [-0.05, 0) is 51.2 Å². The monoisotopic (exact) mass is 498 g/mol. The van der Waals surface area contributed by atoms with E-state index in [1.165, 1.54) is 0 Å². The van der Waals surface area contributed by atoms with Crippen molar-refractivity contribution < 1.29 is 13.6 Å². The number of furan rings is 1. The predicted molar refractivity (Wildman–Crippen MR) is 134 cm³/mol. The van der Waals surface area contributed by atoms with Crippen LogP contribution >= 0.6 is 0 Å². The normalized spacial score (nSPS) is 19.4. The van der Waals surface area contributed by atoms with E-state index in [0.717, 1.165) is 23.6 Å². The summed E-state index contributed by atoms with van der Waals surface area (Å²) in [6, 6.07) is 7.60. The number of fused-ring (bicyclic) bond motifs is 1. The summed E-state index contributed by atoms with van der Waals surface area (Å²) >= 11 is 0. The molecule has 0 aliphatic carbocycles. The summed E-state index contributed by atoms with van der Waals surface area (Å²) < 4.78 is 25.0. The predicted octanol–water partition coefficient (Wildman–Crippen LogP) is 2.56. The first-order chi connectivity index (χ1) is 17.2.